The predicted molar refractivity (Wildman–Crippen MR) is 48.3 cm³/mol. The third-order valence-electron chi connectivity index (χ3n) is 1.56. The topological polar surface area (TPSA) is 66.9 Å². The van der Waals surface area contributed by atoms with E-state index in [1.54, 1.807) is 12.4 Å². The summed E-state index contributed by atoms with van der Waals surface area (Å²) < 4.78 is 1.48. The van der Waals surface area contributed by atoms with Gasteiger partial charge in [-0.2, -0.15) is 0 Å². The van der Waals surface area contributed by atoms with Gasteiger partial charge in [0.1, 0.15) is 0 Å². The van der Waals surface area contributed by atoms with Gasteiger partial charge < -0.3 is 10.3 Å². The first-order valence-electron chi connectivity index (χ1n) is 3.88. The van der Waals surface area contributed by atoms with Crippen molar-refractivity contribution in [2.45, 2.75) is 6.54 Å². The molecule has 0 aliphatic carbocycles. The number of amides is 1. The fourth-order valence-corrected chi connectivity index (χ4v) is 0.897. The van der Waals surface area contributed by atoms with E-state index in [4.69, 9.17) is 0 Å². The van der Waals surface area contributed by atoms with Crippen LogP contribution in [0.25, 0.3) is 0 Å². The van der Waals surface area contributed by atoms with Crippen LogP contribution < -0.4 is 11.0 Å². The highest BCUT2D eigenvalue weighted by molar-refractivity contribution is 5.86. The van der Waals surface area contributed by atoms with Gasteiger partial charge in [0.05, 0.1) is 0 Å². The molecule has 1 amide bonds. The van der Waals surface area contributed by atoms with E-state index in [0.717, 1.165) is 0 Å². The highest BCUT2D eigenvalue weighted by Crippen LogP contribution is 1.77. The van der Waals surface area contributed by atoms with E-state index in [0.29, 0.717) is 13.1 Å². The van der Waals surface area contributed by atoms with Crippen LogP contribution >= 0.6 is 0 Å². The molecule has 70 valence electrons. The Labute approximate surface area is 75.1 Å². The Balaban J connectivity index is 2.36. The third-order valence-corrected chi connectivity index (χ3v) is 1.56. The third kappa shape index (κ3) is 2.62. The Morgan fingerprint density at radius 3 is 3.08 bits per heavy atom. The van der Waals surface area contributed by atoms with Gasteiger partial charge in [0.15, 0.2) is 0 Å². The number of aromatic nitrogens is 2. The summed E-state index contributed by atoms with van der Waals surface area (Å²) >= 11 is 0. The van der Waals surface area contributed by atoms with E-state index in [1.807, 2.05) is 0 Å². The number of nitrogens with one attached hydrogen (secondary N) is 2. The summed E-state index contributed by atoms with van der Waals surface area (Å²) in [6, 6.07) is 0. The van der Waals surface area contributed by atoms with Gasteiger partial charge in [-0.25, -0.2) is 4.79 Å². The van der Waals surface area contributed by atoms with Crippen LogP contribution in [0.15, 0.2) is 29.8 Å². The predicted octanol–water partition coefficient (Wildman–Crippen LogP) is -0.521. The number of aromatic amines is 1. The second-order valence-electron chi connectivity index (χ2n) is 2.45. The summed E-state index contributed by atoms with van der Waals surface area (Å²) in [5.74, 6) is -0.233. The summed E-state index contributed by atoms with van der Waals surface area (Å²) in [4.78, 5) is 24.1. The molecule has 0 aliphatic rings. The smallest absolute Gasteiger partial charge is 0.325 e. The Hall–Kier alpha value is -1.78. The number of hydrogen-bond donors (Lipinski definition) is 2. The van der Waals surface area contributed by atoms with Gasteiger partial charge in [0.2, 0.25) is 5.91 Å². The molecule has 5 heteroatoms. The Kier molecular flexibility index (Phi) is 3.08. The van der Waals surface area contributed by atoms with Gasteiger partial charge in [-0.15, -0.1) is 0 Å². The first-order valence-corrected chi connectivity index (χ1v) is 3.88. The standard InChI is InChI=1S/C8H11N3O2/c1-2-7(12)9-3-5-11-6-4-10-8(11)13/h2,4,6H,1,3,5H2,(H,9,12)(H,10,13). The van der Waals surface area contributed by atoms with Gasteiger partial charge in [0.25, 0.3) is 0 Å². The minimum absolute atomic E-state index is 0.173. The maximum Gasteiger partial charge on any atom is 0.325 e. The van der Waals surface area contributed by atoms with Crippen molar-refractivity contribution in [3.05, 3.63) is 35.5 Å². The van der Waals surface area contributed by atoms with Crippen LogP contribution in [0, 0.1) is 0 Å². The average molecular weight is 181 g/mol. The van der Waals surface area contributed by atoms with E-state index in [1.165, 1.54) is 10.6 Å². The molecule has 0 saturated heterocycles. The van der Waals surface area contributed by atoms with Crippen molar-refractivity contribution in [2.24, 2.45) is 0 Å². The van der Waals surface area contributed by atoms with Crippen LogP contribution in [-0.2, 0) is 11.3 Å². The summed E-state index contributed by atoms with van der Waals surface area (Å²) in [6.45, 7) is 4.19. The monoisotopic (exact) mass is 181 g/mol. The maximum absolute atomic E-state index is 10.9. The van der Waals surface area contributed by atoms with Gasteiger partial charge in [-0.1, -0.05) is 6.58 Å². The molecule has 1 heterocycles. The van der Waals surface area contributed by atoms with E-state index in [2.05, 4.69) is 16.9 Å². The second kappa shape index (κ2) is 4.30. The molecule has 5 nitrogen and oxygen atoms in total. The molecule has 13 heavy (non-hydrogen) atoms. The molecule has 0 spiro atoms. The molecule has 0 saturated carbocycles. The molecule has 2 N–H and O–H groups in total. The van der Waals surface area contributed by atoms with Gasteiger partial charge in [-0.3, -0.25) is 9.36 Å². The van der Waals surface area contributed by atoms with Crippen molar-refractivity contribution in [1.82, 2.24) is 14.9 Å². The molecule has 1 aromatic rings. The van der Waals surface area contributed by atoms with Crippen LogP contribution in [-0.4, -0.2) is 22.0 Å². The molecule has 0 fully saturated rings. The van der Waals surface area contributed by atoms with E-state index >= 15 is 0 Å². The van der Waals surface area contributed by atoms with Crippen molar-refractivity contribution >= 4 is 5.91 Å². The van der Waals surface area contributed by atoms with Crippen molar-refractivity contribution in [1.29, 1.82) is 0 Å². The van der Waals surface area contributed by atoms with Gasteiger partial charge >= 0.3 is 5.69 Å². The molecule has 0 aromatic carbocycles. The number of carbonyl (C=O) groups excluding carboxylic acids is 1. The molecule has 0 aliphatic heterocycles. The maximum atomic E-state index is 10.9. The molecule has 0 radical (unpaired) electrons. The fraction of sp³-hybridized carbons (Fsp3) is 0.250. The second-order valence-corrected chi connectivity index (χ2v) is 2.45. The Morgan fingerprint density at radius 2 is 2.54 bits per heavy atom. The highest BCUT2D eigenvalue weighted by atomic mass is 16.2. The minimum atomic E-state index is -0.233. The van der Waals surface area contributed by atoms with Crippen molar-refractivity contribution in [3.8, 4) is 0 Å². The summed E-state index contributed by atoms with van der Waals surface area (Å²) in [7, 11) is 0. The zero-order valence-electron chi connectivity index (χ0n) is 7.12. The first kappa shape index (κ1) is 9.31. The number of hydrogen-bond acceptors (Lipinski definition) is 2. The number of rotatable bonds is 4. The average Bonchev–Trinajstić information content (AvgIpc) is 2.52. The molecule has 1 aromatic heterocycles. The van der Waals surface area contributed by atoms with Crippen LogP contribution in [0.5, 0.6) is 0 Å². The molecular weight excluding hydrogens is 170 g/mol. The number of carbonyl (C=O) groups is 1. The normalized spacial score (nSPS) is 9.54. The number of imidazole rings is 1. The Bertz CT molecular complexity index is 350. The number of H-pyrrole nitrogens is 1. The van der Waals surface area contributed by atoms with Gasteiger partial charge in [-0.05, 0) is 6.08 Å². The molecule has 1 rings (SSSR count). The minimum Gasteiger partial charge on any atom is -0.351 e. The first-order chi connectivity index (χ1) is 6.24. The van der Waals surface area contributed by atoms with Crippen LogP contribution in [0.1, 0.15) is 0 Å². The molecule has 0 bridgehead atoms. The Morgan fingerprint density at radius 1 is 1.77 bits per heavy atom. The van der Waals surface area contributed by atoms with Crippen LogP contribution in [0.3, 0.4) is 0 Å². The molecule has 0 unspecified atom stereocenters. The van der Waals surface area contributed by atoms with E-state index in [-0.39, 0.29) is 11.6 Å². The fourth-order valence-electron chi connectivity index (χ4n) is 0.897. The lowest BCUT2D eigenvalue weighted by Crippen LogP contribution is -2.28. The lowest BCUT2D eigenvalue weighted by Gasteiger charge is -2.01. The largest absolute Gasteiger partial charge is 0.351 e. The van der Waals surface area contributed by atoms with Crippen molar-refractivity contribution in [3.63, 3.8) is 0 Å². The van der Waals surface area contributed by atoms with Crippen molar-refractivity contribution in [2.75, 3.05) is 6.54 Å². The molecular formula is C8H11N3O2. The van der Waals surface area contributed by atoms with Crippen LogP contribution in [0.4, 0.5) is 0 Å². The highest BCUT2D eigenvalue weighted by Gasteiger charge is 1.96. The molecule has 0 atom stereocenters. The zero-order valence-corrected chi connectivity index (χ0v) is 7.12. The SMILES string of the molecule is C=CC(=O)NCCn1cc[nH]c1=O. The lowest BCUT2D eigenvalue weighted by molar-refractivity contribution is -0.116. The van der Waals surface area contributed by atoms with E-state index < -0.39 is 0 Å². The summed E-state index contributed by atoms with van der Waals surface area (Å²) in [5, 5.41) is 2.57. The van der Waals surface area contributed by atoms with Gasteiger partial charge in [0, 0.05) is 25.5 Å². The zero-order chi connectivity index (χ0) is 9.68. The summed E-state index contributed by atoms with van der Waals surface area (Å²) in [5.41, 5.74) is -0.173. The quantitative estimate of drug-likeness (QED) is 0.614. The van der Waals surface area contributed by atoms with Crippen LogP contribution in [0.2, 0.25) is 0 Å². The summed E-state index contributed by atoms with van der Waals surface area (Å²) in [6.07, 6.45) is 4.37. The van der Waals surface area contributed by atoms with E-state index in [9.17, 15) is 9.59 Å². The number of nitrogens with zero attached hydrogens (tertiary/aromatic N) is 1. The van der Waals surface area contributed by atoms with Crippen molar-refractivity contribution < 1.29 is 4.79 Å². The lowest BCUT2D eigenvalue weighted by atomic mass is 10.5.